The Kier molecular flexibility index (Phi) is 3.92. The molecule has 0 aliphatic carbocycles. The molecule has 6 nitrogen and oxygen atoms in total. The summed E-state index contributed by atoms with van der Waals surface area (Å²) >= 11 is 0. The normalized spacial score (nSPS) is 13.8. The van der Waals surface area contributed by atoms with Crippen LogP contribution in [0, 0.1) is 0 Å². The zero-order valence-corrected chi connectivity index (χ0v) is 9.45. The highest BCUT2D eigenvalue weighted by atomic mass is 16.5. The zero-order chi connectivity index (χ0) is 12.1. The highest BCUT2D eigenvalue weighted by molar-refractivity contribution is 5.95. The number of carbonyl (C=O) groups is 1. The van der Waals surface area contributed by atoms with Gasteiger partial charge in [-0.25, -0.2) is 5.43 Å². The highest BCUT2D eigenvalue weighted by Crippen LogP contribution is 2.28. The first-order valence-corrected chi connectivity index (χ1v) is 5.49. The molecule has 17 heavy (non-hydrogen) atoms. The van der Waals surface area contributed by atoms with Crippen molar-refractivity contribution in [3.63, 3.8) is 0 Å². The quantitative estimate of drug-likeness (QED) is 0.241. The van der Waals surface area contributed by atoms with Crippen LogP contribution >= 0.6 is 0 Å². The Labute approximate surface area is 99.5 Å². The number of fused-ring (bicyclic) bond motifs is 1. The third-order valence-corrected chi connectivity index (χ3v) is 2.49. The lowest BCUT2D eigenvalue weighted by Gasteiger charge is -2.18. The molecule has 1 amide bonds. The van der Waals surface area contributed by atoms with Crippen LogP contribution in [0.15, 0.2) is 18.2 Å². The van der Waals surface area contributed by atoms with E-state index in [2.05, 4.69) is 16.1 Å². The van der Waals surface area contributed by atoms with Gasteiger partial charge >= 0.3 is 0 Å². The fraction of sp³-hybridized carbons (Fsp3) is 0.364. The Morgan fingerprint density at radius 2 is 2.35 bits per heavy atom. The molecule has 0 fully saturated rings. The van der Waals surface area contributed by atoms with E-state index in [4.69, 9.17) is 10.6 Å². The summed E-state index contributed by atoms with van der Waals surface area (Å²) in [5.74, 6) is 5.75. The summed E-state index contributed by atoms with van der Waals surface area (Å²) in [4.78, 5) is 11.2. The van der Waals surface area contributed by atoms with Crippen molar-refractivity contribution in [2.45, 2.75) is 6.42 Å². The maximum atomic E-state index is 11.2. The van der Waals surface area contributed by atoms with Crippen molar-refractivity contribution in [2.75, 3.05) is 25.1 Å². The minimum absolute atomic E-state index is 0.0933. The van der Waals surface area contributed by atoms with Gasteiger partial charge in [-0.05, 0) is 24.1 Å². The van der Waals surface area contributed by atoms with Gasteiger partial charge in [0.25, 0.3) is 5.91 Å². The first-order chi connectivity index (χ1) is 8.29. The van der Waals surface area contributed by atoms with Crippen LogP contribution in [-0.4, -0.2) is 25.7 Å². The number of rotatable bonds is 5. The molecule has 0 saturated heterocycles. The van der Waals surface area contributed by atoms with Gasteiger partial charge < -0.3 is 15.4 Å². The second kappa shape index (κ2) is 5.62. The highest BCUT2D eigenvalue weighted by Gasteiger charge is 2.15. The standard InChI is InChI=1S/C11H16N4O2/c12-14-7-13-4-3-8-1-2-10-9(5-8)15-11(16)6-17-10/h1-2,5,13-14H,3-4,6-7,12H2,(H,15,16). The number of ether oxygens (including phenoxy) is 1. The maximum absolute atomic E-state index is 11.2. The van der Waals surface area contributed by atoms with E-state index in [0.717, 1.165) is 30.0 Å². The van der Waals surface area contributed by atoms with Gasteiger partial charge in [-0.3, -0.25) is 10.6 Å². The van der Waals surface area contributed by atoms with Gasteiger partial charge in [-0.1, -0.05) is 6.07 Å². The van der Waals surface area contributed by atoms with Crippen molar-refractivity contribution in [3.8, 4) is 5.75 Å². The molecule has 1 aliphatic rings. The van der Waals surface area contributed by atoms with Gasteiger partial charge in [0.15, 0.2) is 6.61 Å². The van der Waals surface area contributed by atoms with Crippen LogP contribution in [-0.2, 0) is 11.2 Å². The fourth-order valence-electron chi connectivity index (χ4n) is 1.68. The topological polar surface area (TPSA) is 88.4 Å². The molecule has 0 bridgehead atoms. The number of nitrogens with one attached hydrogen (secondary N) is 3. The number of nitrogens with two attached hydrogens (primary N) is 1. The SMILES string of the molecule is NNCNCCc1ccc2c(c1)NC(=O)CO2. The summed E-state index contributed by atoms with van der Waals surface area (Å²) < 4.78 is 5.28. The fourth-order valence-corrected chi connectivity index (χ4v) is 1.68. The largest absolute Gasteiger partial charge is 0.482 e. The molecule has 1 aromatic carbocycles. The maximum Gasteiger partial charge on any atom is 0.262 e. The monoisotopic (exact) mass is 236 g/mol. The predicted molar refractivity (Wildman–Crippen MR) is 64.5 cm³/mol. The van der Waals surface area contributed by atoms with E-state index in [1.165, 1.54) is 0 Å². The van der Waals surface area contributed by atoms with Gasteiger partial charge in [0.05, 0.1) is 12.4 Å². The van der Waals surface area contributed by atoms with Crippen molar-refractivity contribution in [2.24, 2.45) is 5.84 Å². The Balaban J connectivity index is 1.95. The summed E-state index contributed by atoms with van der Waals surface area (Å²) in [7, 11) is 0. The lowest BCUT2D eigenvalue weighted by atomic mass is 10.1. The zero-order valence-electron chi connectivity index (χ0n) is 9.45. The average Bonchev–Trinajstić information content (AvgIpc) is 2.34. The Morgan fingerprint density at radius 3 is 3.18 bits per heavy atom. The lowest BCUT2D eigenvalue weighted by molar-refractivity contribution is -0.118. The second-order valence-corrected chi connectivity index (χ2v) is 3.80. The predicted octanol–water partition coefficient (Wildman–Crippen LogP) is -0.430. The van der Waals surface area contributed by atoms with E-state index < -0.39 is 0 Å². The van der Waals surface area contributed by atoms with Crippen LogP contribution in [0.1, 0.15) is 5.56 Å². The molecule has 2 rings (SSSR count). The lowest BCUT2D eigenvalue weighted by Crippen LogP contribution is -2.34. The van der Waals surface area contributed by atoms with E-state index in [1.54, 1.807) is 0 Å². The van der Waals surface area contributed by atoms with Crippen LogP contribution in [0.3, 0.4) is 0 Å². The van der Waals surface area contributed by atoms with Gasteiger partial charge in [0.2, 0.25) is 0 Å². The van der Waals surface area contributed by atoms with Crippen LogP contribution in [0.4, 0.5) is 5.69 Å². The Bertz CT molecular complexity index is 408. The molecule has 92 valence electrons. The van der Waals surface area contributed by atoms with Gasteiger partial charge in [0, 0.05) is 6.54 Å². The molecule has 0 spiro atoms. The minimum Gasteiger partial charge on any atom is -0.482 e. The molecule has 1 heterocycles. The number of carbonyl (C=O) groups excluding carboxylic acids is 1. The third kappa shape index (κ3) is 3.16. The first-order valence-electron chi connectivity index (χ1n) is 5.49. The molecular weight excluding hydrogens is 220 g/mol. The minimum atomic E-state index is -0.111. The number of benzene rings is 1. The van der Waals surface area contributed by atoms with Crippen LogP contribution in [0.2, 0.25) is 0 Å². The molecule has 6 heteroatoms. The van der Waals surface area contributed by atoms with Gasteiger partial charge in [-0.15, -0.1) is 0 Å². The molecule has 1 aliphatic heterocycles. The first kappa shape index (κ1) is 11.8. The summed E-state index contributed by atoms with van der Waals surface area (Å²) in [5.41, 5.74) is 4.41. The average molecular weight is 236 g/mol. The molecule has 0 radical (unpaired) electrons. The molecule has 1 aromatic rings. The number of hydrazine groups is 1. The van der Waals surface area contributed by atoms with Crippen LogP contribution in [0.25, 0.3) is 0 Å². The van der Waals surface area contributed by atoms with E-state index in [0.29, 0.717) is 6.67 Å². The second-order valence-electron chi connectivity index (χ2n) is 3.80. The molecule has 0 aromatic heterocycles. The van der Waals surface area contributed by atoms with E-state index in [-0.39, 0.29) is 12.5 Å². The van der Waals surface area contributed by atoms with Crippen molar-refractivity contribution < 1.29 is 9.53 Å². The number of hydrogen-bond donors (Lipinski definition) is 4. The molecule has 0 saturated carbocycles. The van der Waals surface area contributed by atoms with Gasteiger partial charge in [-0.2, -0.15) is 0 Å². The number of anilines is 1. The summed E-state index contributed by atoms with van der Waals surface area (Å²) in [5, 5.41) is 5.90. The summed E-state index contributed by atoms with van der Waals surface area (Å²) in [6.07, 6.45) is 0.866. The van der Waals surface area contributed by atoms with Crippen molar-refractivity contribution in [1.82, 2.24) is 10.7 Å². The summed E-state index contributed by atoms with van der Waals surface area (Å²) in [6.45, 7) is 1.48. The van der Waals surface area contributed by atoms with Crippen molar-refractivity contribution in [1.29, 1.82) is 0 Å². The van der Waals surface area contributed by atoms with Gasteiger partial charge in [0.1, 0.15) is 5.75 Å². The van der Waals surface area contributed by atoms with Crippen LogP contribution in [0.5, 0.6) is 5.75 Å². The summed E-state index contributed by atoms with van der Waals surface area (Å²) in [6, 6.07) is 5.81. The smallest absolute Gasteiger partial charge is 0.262 e. The van der Waals surface area contributed by atoms with Crippen molar-refractivity contribution in [3.05, 3.63) is 23.8 Å². The molecule has 0 unspecified atom stereocenters. The molecule has 5 N–H and O–H groups in total. The number of hydrogen-bond acceptors (Lipinski definition) is 5. The van der Waals surface area contributed by atoms with Crippen LogP contribution < -0.4 is 26.6 Å². The van der Waals surface area contributed by atoms with E-state index in [9.17, 15) is 4.79 Å². The Morgan fingerprint density at radius 1 is 1.47 bits per heavy atom. The van der Waals surface area contributed by atoms with Crippen molar-refractivity contribution >= 4 is 11.6 Å². The number of amides is 1. The third-order valence-electron chi connectivity index (χ3n) is 2.49. The van der Waals surface area contributed by atoms with E-state index >= 15 is 0 Å². The Hall–Kier alpha value is -1.63. The van der Waals surface area contributed by atoms with E-state index in [1.807, 2.05) is 18.2 Å². The molecule has 0 atom stereocenters. The molecular formula is C11H16N4O2.